The number of aliphatic hydroxyl groups excluding tert-OH is 4. The van der Waals surface area contributed by atoms with Crippen molar-refractivity contribution in [1.82, 2.24) is 16.0 Å². The molecule has 1 fully saturated rings. The third-order valence-electron chi connectivity index (χ3n) is 4.26. The van der Waals surface area contributed by atoms with E-state index in [4.69, 9.17) is 20.3 Å². The number of nitrogens with two attached hydrogens (primary N) is 1. The summed E-state index contributed by atoms with van der Waals surface area (Å²) in [5, 5.41) is 53.6. The summed E-state index contributed by atoms with van der Waals surface area (Å²) in [6.45, 7) is -1.60. The summed E-state index contributed by atoms with van der Waals surface area (Å²) in [4.78, 5) is 45.8. The number of carbonyl (C=O) groups excluding carboxylic acids is 3. The summed E-state index contributed by atoms with van der Waals surface area (Å²) in [7, 11) is 0. The topological polar surface area (TPSA) is 250 Å². The minimum atomic E-state index is -1.55. The number of aliphatic carboxylic acids is 1. The number of carboxylic acids is 1. The van der Waals surface area contributed by atoms with Gasteiger partial charge in [-0.1, -0.05) is 0 Å². The minimum Gasteiger partial charge on any atom is -0.480 e. The zero-order chi connectivity index (χ0) is 23.7. The lowest BCUT2D eigenvalue weighted by molar-refractivity contribution is -0.270. The van der Waals surface area contributed by atoms with Crippen molar-refractivity contribution < 1.29 is 54.2 Å². The first-order chi connectivity index (χ1) is 14.5. The third-order valence-corrected chi connectivity index (χ3v) is 4.26. The predicted molar refractivity (Wildman–Crippen MR) is 99.0 cm³/mol. The Balaban J connectivity index is 2.70. The standard InChI is InChI=1S/C16H28N4O11/c1-6(23)19-11-13(27)12(26)9(4-22)31-16(11)30-5-7(17)14(28)20-8(3-21)15(29)18-2-10(24)25/h7-9,11-13,16,21-22,26-27H,2-5,17H2,1H3,(H,18,29)(H,19,23)(H,20,28)(H,24,25)/t7-,8-,9+,11+,12-,13+,16+/m0/s1. The number of amides is 3. The van der Waals surface area contributed by atoms with E-state index < -0.39 is 92.8 Å². The fourth-order valence-corrected chi connectivity index (χ4v) is 2.65. The summed E-state index contributed by atoms with van der Waals surface area (Å²) in [6, 6.07) is -4.11. The highest BCUT2D eigenvalue weighted by Crippen LogP contribution is 2.22. The maximum Gasteiger partial charge on any atom is 0.322 e. The first-order valence-corrected chi connectivity index (χ1v) is 9.19. The van der Waals surface area contributed by atoms with Crippen LogP contribution >= 0.6 is 0 Å². The Hall–Kier alpha value is -2.40. The Labute approximate surface area is 176 Å². The smallest absolute Gasteiger partial charge is 0.322 e. The Kier molecular flexibility index (Phi) is 10.7. The largest absolute Gasteiger partial charge is 0.480 e. The zero-order valence-corrected chi connectivity index (χ0v) is 16.6. The first-order valence-electron chi connectivity index (χ1n) is 9.19. The van der Waals surface area contributed by atoms with Gasteiger partial charge in [0.25, 0.3) is 0 Å². The van der Waals surface area contributed by atoms with Crippen LogP contribution in [0.25, 0.3) is 0 Å². The van der Waals surface area contributed by atoms with Gasteiger partial charge in [0.15, 0.2) is 6.29 Å². The quantitative estimate of drug-likeness (QED) is 0.142. The van der Waals surface area contributed by atoms with Gasteiger partial charge in [-0.15, -0.1) is 0 Å². The molecule has 3 amide bonds. The van der Waals surface area contributed by atoms with Crippen molar-refractivity contribution in [1.29, 1.82) is 0 Å². The van der Waals surface area contributed by atoms with E-state index >= 15 is 0 Å². The SMILES string of the molecule is CC(=O)N[C@H]1[C@H](OC[C@H](N)C(=O)N[C@@H](CO)C(=O)NCC(=O)O)O[C@H](CO)[C@H](O)[C@@H]1O. The lowest BCUT2D eigenvalue weighted by Gasteiger charge is -2.42. The van der Waals surface area contributed by atoms with Gasteiger partial charge in [-0.3, -0.25) is 19.2 Å². The van der Waals surface area contributed by atoms with Crippen LogP contribution in [0, 0.1) is 0 Å². The number of hydrogen-bond acceptors (Lipinski definition) is 11. The molecule has 31 heavy (non-hydrogen) atoms. The van der Waals surface area contributed by atoms with Crippen LogP contribution in [0.5, 0.6) is 0 Å². The number of aliphatic hydroxyl groups is 4. The average molecular weight is 452 g/mol. The van der Waals surface area contributed by atoms with Crippen molar-refractivity contribution in [2.45, 2.75) is 49.7 Å². The first kappa shape index (κ1) is 26.6. The summed E-state index contributed by atoms with van der Waals surface area (Å²) < 4.78 is 10.7. The lowest BCUT2D eigenvalue weighted by Crippen LogP contribution is -2.65. The molecule has 178 valence electrons. The Morgan fingerprint density at radius 3 is 2.29 bits per heavy atom. The molecule has 0 aromatic heterocycles. The van der Waals surface area contributed by atoms with Crippen molar-refractivity contribution in [3.63, 3.8) is 0 Å². The summed E-state index contributed by atoms with van der Waals surface area (Å²) >= 11 is 0. The molecule has 0 spiro atoms. The van der Waals surface area contributed by atoms with E-state index in [1.54, 1.807) is 0 Å². The molecular weight excluding hydrogens is 424 g/mol. The van der Waals surface area contributed by atoms with Crippen LogP contribution in [-0.4, -0.2) is 118 Å². The highest BCUT2D eigenvalue weighted by atomic mass is 16.7. The Bertz CT molecular complexity index is 649. The second kappa shape index (κ2) is 12.5. The molecule has 0 saturated carbocycles. The molecule has 0 bridgehead atoms. The van der Waals surface area contributed by atoms with Gasteiger partial charge in [0.05, 0.1) is 19.8 Å². The van der Waals surface area contributed by atoms with E-state index in [1.807, 2.05) is 5.32 Å². The second-order valence-electron chi connectivity index (χ2n) is 6.73. The van der Waals surface area contributed by atoms with E-state index in [-0.39, 0.29) is 0 Å². The van der Waals surface area contributed by atoms with Crippen molar-refractivity contribution in [3.05, 3.63) is 0 Å². The molecule has 0 unspecified atom stereocenters. The maximum absolute atomic E-state index is 12.2. The molecule has 10 N–H and O–H groups in total. The van der Waals surface area contributed by atoms with Crippen LogP contribution in [0.3, 0.4) is 0 Å². The molecule has 1 rings (SSSR count). The fraction of sp³-hybridized carbons (Fsp3) is 0.750. The predicted octanol–water partition coefficient (Wildman–Crippen LogP) is -6.05. The number of hydrogen-bond donors (Lipinski definition) is 9. The van der Waals surface area contributed by atoms with Gasteiger partial charge >= 0.3 is 5.97 Å². The van der Waals surface area contributed by atoms with Crippen molar-refractivity contribution in [3.8, 4) is 0 Å². The molecule has 0 aromatic rings. The molecule has 1 saturated heterocycles. The van der Waals surface area contributed by atoms with Crippen LogP contribution in [0.1, 0.15) is 6.92 Å². The summed E-state index contributed by atoms with van der Waals surface area (Å²) in [5.74, 6) is -3.78. The van der Waals surface area contributed by atoms with Gasteiger partial charge in [0.1, 0.15) is 43.0 Å². The van der Waals surface area contributed by atoms with Gasteiger partial charge in [0.2, 0.25) is 17.7 Å². The van der Waals surface area contributed by atoms with Crippen LogP contribution in [-0.2, 0) is 28.7 Å². The average Bonchev–Trinajstić information content (AvgIpc) is 2.72. The normalized spacial score (nSPS) is 27.6. The number of nitrogens with one attached hydrogen (secondary N) is 3. The van der Waals surface area contributed by atoms with Gasteiger partial charge < -0.3 is 56.7 Å². The number of carbonyl (C=O) groups is 4. The van der Waals surface area contributed by atoms with Crippen LogP contribution in [0.15, 0.2) is 0 Å². The number of ether oxygens (including phenoxy) is 2. The molecule has 1 heterocycles. The molecule has 0 aromatic carbocycles. The molecule has 0 aliphatic carbocycles. The molecule has 0 radical (unpaired) electrons. The molecule has 15 nitrogen and oxygen atoms in total. The third kappa shape index (κ3) is 7.98. The maximum atomic E-state index is 12.2. The van der Waals surface area contributed by atoms with Gasteiger partial charge in [-0.2, -0.15) is 0 Å². The number of carboxylic acid groups (broad SMARTS) is 1. The summed E-state index contributed by atoms with van der Waals surface area (Å²) in [6.07, 6.45) is -5.69. The van der Waals surface area contributed by atoms with Crippen LogP contribution in [0.2, 0.25) is 0 Å². The van der Waals surface area contributed by atoms with Crippen molar-refractivity contribution in [2.24, 2.45) is 5.73 Å². The van der Waals surface area contributed by atoms with E-state index in [1.165, 1.54) is 0 Å². The lowest BCUT2D eigenvalue weighted by atomic mass is 9.97. The minimum absolute atomic E-state index is 0.539. The van der Waals surface area contributed by atoms with Gasteiger partial charge in [0, 0.05) is 6.92 Å². The Morgan fingerprint density at radius 1 is 1.13 bits per heavy atom. The van der Waals surface area contributed by atoms with E-state index in [0.717, 1.165) is 6.92 Å². The number of rotatable bonds is 11. The van der Waals surface area contributed by atoms with Crippen molar-refractivity contribution in [2.75, 3.05) is 26.4 Å². The highest BCUT2D eigenvalue weighted by Gasteiger charge is 2.45. The van der Waals surface area contributed by atoms with E-state index in [0.29, 0.717) is 0 Å². The molecule has 7 atom stereocenters. The van der Waals surface area contributed by atoms with E-state index in [2.05, 4.69) is 10.6 Å². The zero-order valence-electron chi connectivity index (χ0n) is 16.6. The van der Waals surface area contributed by atoms with Crippen molar-refractivity contribution >= 4 is 23.7 Å². The van der Waals surface area contributed by atoms with Crippen LogP contribution in [0.4, 0.5) is 0 Å². The fourth-order valence-electron chi connectivity index (χ4n) is 2.65. The van der Waals surface area contributed by atoms with Gasteiger partial charge in [-0.25, -0.2) is 0 Å². The Morgan fingerprint density at radius 2 is 1.77 bits per heavy atom. The molecular formula is C16H28N4O11. The van der Waals surface area contributed by atoms with E-state index in [9.17, 15) is 39.6 Å². The monoisotopic (exact) mass is 452 g/mol. The van der Waals surface area contributed by atoms with Crippen LogP contribution < -0.4 is 21.7 Å². The molecule has 1 aliphatic rings. The highest BCUT2D eigenvalue weighted by molar-refractivity contribution is 5.91. The summed E-state index contributed by atoms with van der Waals surface area (Å²) in [5.41, 5.74) is 5.69. The second-order valence-corrected chi connectivity index (χ2v) is 6.73. The molecule has 1 aliphatic heterocycles. The van der Waals surface area contributed by atoms with Gasteiger partial charge in [-0.05, 0) is 0 Å². The molecule has 15 heteroatoms.